The minimum atomic E-state index is -1.08. The summed E-state index contributed by atoms with van der Waals surface area (Å²) in [6.45, 7) is 3.70. The maximum atomic E-state index is 13.1. The molecule has 9 heteroatoms. The molecule has 30 heavy (non-hydrogen) atoms. The molecule has 3 heterocycles. The topological polar surface area (TPSA) is 113 Å². The first-order valence-corrected chi connectivity index (χ1v) is 10.3. The number of nitrogens with one attached hydrogen (secondary N) is 2. The SMILES string of the molecule is CC(C)(NC(=O)c1cccc2c1C(=O)N(C1CCC(=O)NC1=O)C2=O)c1cccs1. The van der Waals surface area contributed by atoms with Crippen LogP contribution in [0, 0.1) is 0 Å². The molecule has 1 fully saturated rings. The Morgan fingerprint density at radius 2 is 1.90 bits per heavy atom. The van der Waals surface area contributed by atoms with Gasteiger partial charge in [-0.05, 0) is 43.8 Å². The van der Waals surface area contributed by atoms with Gasteiger partial charge >= 0.3 is 0 Å². The third-order valence-corrected chi connectivity index (χ3v) is 6.47. The average molecular weight is 425 g/mol. The fourth-order valence-electron chi connectivity index (χ4n) is 3.75. The number of imide groups is 2. The van der Waals surface area contributed by atoms with Gasteiger partial charge in [-0.25, -0.2) is 0 Å². The fraction of sp³-hybridized carbons (Fsp3) is 0.286. The van der Waals surface area contributed by atoms with Crippen molar-refractivity contribution in [2.45, 2.75) is 38.3 Å². The Hall–Kier alpha value is -3.33. The van der Waals surface area contributed by atoms with Crippen LogP contribution in [0.3, 0.4) is 0 Å². The van der Waals surface area contributed by atoms with Gasteiger partial charge in [0.2, 0.25) is 11.8 Å². The molecule has 1 aromatic heterocycles. The van der Waals surface area contributed by atoms with Gasteiger partial charge in [0.1, 0.15) is 6.04 Å². The zero-order chi connectivity index (χ0) is 21.6. The lowest BCUT2D eigenvalue weighted by molar-refractivity contribution is -0.136. The lowest BCUT2D eigenvalue weighted by atomic mass is 9.99. The van der Waals surface area contributed by atoms with Gasteiger partial charge in [-0.15, -0.1) is 11.3 Å². The van der Waals surface area contributed by atoms with Crippen LogP contribution in [-0.4, -0.2) is 40.5 Å². The molecule has 0 bridgehead atoms. The first kappa shape index (κ1) is 20.0. The van der Waals surface area contributed by atoms with E-state index in [1.165, 1.54) is 29.5 Å². The second-order valence-electron chi connectivity index (χ2n) is 7.73. The lowest BCUT2D eigenvalue weighted by Crippen LogP contribution is -2.54. The molecule has 2 aliphatic heterocycles. The van der Waals surface area contributed by atoms with Crippen LogP contribution < -0.4 is 10.6 Å². The van der Waals surface area contributed by atoms with Crippen molar-refractivity contribution in [1.82, 2.24) is 15.5 Å². The molecule has 2 N–H and O–H groups in total. The number of thiophene rings is 1. The van der Waals surface area contributed by atoms with Crippen molar-refractivity contribution in [3.05, 3.63) is 57.3 Å². The van der Waals surface area contributed by atoms with Crippen molar-refractivity contribution in [3.8, 4) is 0 Å². The van der Waals surface area contributed by atoms with Crippen molar-refractivity contribution in [1.29, 1.82) is 0 Å². The first-order valence-electron chi connectivity index (χ1n) is 9.42. The maximum Gasteiger partial charge on any atom is 0.263 e. The number of hydrogen-bond acceptors (Lipinski definition) is 6. The fourth-order valence-corrected chi connectivity index (χ4v) is 4.56. The zero-order valence-electron chi connectivity index (χ0n) is 16.4. The van der Waals surface area contributed by atoms with Crippen molar-refractivity contribution < 1.29 is 24.0 Å². The molecule has 1 atom stereocenters. The predicted molar refractivity (Wildman–Crippen MR) is 108 cm³/mol. The molecular weight excluding hydrogens is 406 g/mol. The highest BCUT2D eigenvalue weighted by Crippen LogP contribution is 2.31. The van der Waals surface area contributed by atoms with Crippen LogP contribution in [0.15, 0.2) is 35.7 Å². The van der Waals surface area contributed by atoms with Crippen LogP contribution in [0.1, 0.15) is 62.6 Å². The van der Waals surface area contributed by atoms with Crippen molar-refractivity contribution in [2.24, 2.45) is 0 Å². The molecule has 0 radical (unpaired) electrons. The van der Waals surface area contributed by atoms with Gasteiger partial charge in [0.05, 0.1) is 22.2 Å². The smallest absolute Gasteiger partial charge is 0.263 e. The number of carbonyl (C=O) groups excluding carboxylic acids is 5. The lowest BCUT2D eigenvalue weighted by Gasteiger charge is -2.28. The minimum Gasteiger partial charge on any atom is -0.342 e. The van der Waals surface area contributed by atoms with Gasteiger partial charge in [-0.3, -0.25) is 34.2 Å². The van der Waals surface area contributed by atoms with Gasteiger partial charge in [-0.2, -0.15) is 0 Å². The Morgan fingerprint density at radius 1 is 1.13 bits per heavy atom. The molecule has 5 amide bonds. The number of piperidine rings is 1. The molecule has 154 valence electrons. The summed E-state index contributed by atoms with van der Waals surface area (Å²) >= 11 is 1.50. The molecule has 0 saturated carbocycles. The molecule has 2 aliphatic rings. The van der Waals surface area contributed by atoms with Crippen LogP contribution in [0.4, 0.5) is 0 Å². The van der Waals surface area contributed by atoms with Crippen molar-refractivity contribution >= 4 is 40.9 Å². The number of fused-ring (bicyclic) bond motifs is 1. The maximum absolute atomic E-state index is 13.1. The largest absolute Gasteiger partial charge is 0.342 e. The van der Waals surface area contributed by atoms with Gasteiger partial charge in [0.25, 0.3) is 17.7 Å². The second kappa shape index (κ2) is 7.17. The number of benzene rings is 1. The summed E-state index contributed by atoms with van der Waals surface area (Å²) in [5.74, 6) is -2.97. The van der Waals surface area contributed by atoms with Crippen LogP contribution in [-0.2, 0) is 15.1 Å². The summed E-state index contributed by atoms with van der Waals surface area (Å²) < 4.78 is 0. The highest BCUT2D eigenvalue weighted by molar-refractivity contribution is 7.10. The van der Waals surface area contributed by atoms with Crippen molar-refractivity contribution in [3.63, 3.8) is 0 Å². The van der Waals surface area contributed by atoms with E-state index in [0.29, 0.717) is 0 Å². The second-order valence-corrected chi connectivity index (χ2v) is 8.68. The third kappa shape index (κ3) is 3.21. The van der Waals surface area contributed by atoms with E-state index in [2.05, 4.69) is 10.6 Å². The van der Waals surface area contributed by atoms with Gasteiger partial charge in [0, 0.05) is 11.3 Å². The van der Waals surface area contributed by atoms with E-state index >= 15 is 0 Å². The molecule has 0 aliphatic carbocycles. The Labute approximate surface area is 176 Å². The molecular formula is C21H19N3O5S. The van der Waals surface area contributed by atoms with Gasteiger partial charge < -0.3 is 5.32 Å². The minimum absolute atomic E-state index is 0.0216. The van der Waals surface area contributed by atoms with E-state index in [0.717, 1.165) is 9.78 Å². The number of carbonyl (C=O) groups is 5. The van der Waals surface area contributed by atoms with Gasteiger partial charge in [0.15, 0.2) is 0 Å². The van der Waals surface area contributed by atoms with E-state index in [-0.39, 0.29) is 29.5 Å². The van der Waals surface area contributed by atoms with Crippen LogP contribution >= 0.6 is 11.3 Å². The summed E-state index contributed by atoms with van der Waals surface area (Å²) in [6.07, 6.45) is 0.0925. The zero-order valence-corrected chi connectivity index (χ0v) is 17.2. The Balaban J connectivity index is 1.66. The molecule has 8 nitrogen and oxygen atoms in total. The van der Waals surface area contributed by atoms with E-state index < -0.39 is 41.1 Å². The highest BCUT2D eigenvalue weighted by atomic mass is 32.1. The Bertz CT molecular complexity index is 1090. The summed E-state index contributed by atoms with van der Waals surface area (Å²) in [4.78, 5) is 64.5. The van der Waals surface area contributed by atoms with Crippen LogP contribution in [0.25, 0.3) is 0 Å². The van der Waals surface area contributed by atoms with Crippen molar-refractivity contribution in [2.75, 3.05) is 0 Å². The number of amides is 5. The summed E-state index contributed by atoms with van der Waals surface area (Å²) in [5.41, 5.74) is -0.550. The number of rotatable bonds is 4. The standard InChI is InChI=1S/C21H19N3O5S/c1-21(2,14-7-4-10-30-14)23-17(26)11-5-3-6-12-16(11)20(29)24(19(12)28)13-8-9-15(25)22-18(13)27/h3-7,10,13H,8-9H2,1-2H3,(H,23,26)(H,22,25,27). The molecule has 1 saturated heterocycles. The Morgan fingerprint density at radius 3 is 2.57 bits per heavy atom. The van der Waals surface area contributed by atoms with E-state index in [1.807, 2.05) is 31.4 Å². The molecule has 1 aromatic carbocycles. The summed E-state index contributed by atoms with van der Waals surface area (Å²) in [5, 5.41) is 6.98. The van der Waals surface area contributed by atoms with Crippen LogP contribution in [0.2, 0.25) is 0 Å². The third-order valence-electron chi connectivity index (χ3n) is 5.28. The van der Waals surface area contributed by atoms with Crippen LogP contribution in [0.5, 0.6) is 0 Å². The van der Waals surface area contributed by atoms with E-state index in [9.17, 15) is 24.0 Å². The molecule has 4 rings (SSSR count). The number of nitrogens with zero attached hydrogens (tertiary/aromatic N) is 1. The monoisotopic (exact) mass is 425 g/mol. The normalized spacial score (nSPS) is 19.0. The molecule has 0 spiro atoms. The number of hydrogen-bond donors (Lipinski definition) is 2. The van der Waals surface area contributed by atoms with Gasteiger partial charge in [-0.1, -0.05) is 12.1 Å². The molecule has 1 unspecified atom stereocenters. The van der Waals surface area contributed by atoms with E-state index in [4.69, 9.17) is 0 Å². The average Bonchev–Trinajstić information content (AvgIpc) is 3.31. The van der Waals surface area contributed by atoms with E-state index in [1.54, 1.807) is 0 Å². The molecule has 2 aromatic rings. The first-order chi connectivity index (χ1) is 14.2. The summed E-state index contributed by atoms with van der Waals surface area (Å²) in [7, 11) is 0. The Kier molecular flexibility index (Phi) is 4.77. The quantitative estimate of drug-likeness (QED) is 0.726. The predicted octanol–water partition coefficient (Wildman–Crippen LogP) is 1.81. The highest BCUT2D eigenvalue weighted by Gasteiger charge is 2.46. The summed E-state index contributed by atoms with van der Waals surface area (Å²) in [6, 6.07) is 7.19.